The molecular weight excluding hydrogens is 242 g/mol. The molecule has 0 radical (unpaired) electrons. The molecule has 1 N–H and O–H groups in total. The van der Waals surface area contributed by atoms with E-state index in [-0.39, 0.29) is 5.75 Å². The van der Waals surface area contributed by atoms with Crippen molar-refractivity contribution in [1.82, 2.24) is 9.29 Å². The molecule has 0 aliphatic heterocycles. The molecule has 0 bridgehead atoms. The number of hydrogen-bond acceptors (Lipinski definition) is 5. The minimum Gasteiger partial charge on any atom is -0.481 e. The number of pyridine rings is 1. The highest BCUT2D eigenvalue weighted by atomic mass is 32.2. The van der Waals surface area contributed by atoms with Crippen molar-refractivity contribution in [2.24, 2.45) is 0 Å². The molecule has 0 fully saturated rings. The first-order chi connectivity index (χ1) is 7.95. The molecule has 17 heavy (non-hydrogen) atoms. The topological polar surface area (TPSA) is 71.5 Å². The summed E-state index contributed by atoms with van der Waals surface area (Å²) in [4.78, 5) is 3.95. The second-order valence-electron chi connectivity index (χ2n) is 3.61. The average molecular weight is 259 g/mol. The van der Waals surface area contributed by atoms with Crippen LogP contribution >= 0.6 is 0 Å². The Bertz CT molecular complexity index is 460. The third kappa shape index (κ3) is 4.20. The van der Waals surface area contributed by atoms with Gasteiger partial charge < -0.3 is 10.1 Å². The lowest BCUT2D eigenvalue weighted by molar-refractivity contribution is 0.398. The van der Waals surface area contributed by atoms with E-state index in [4.69, 9.17) is 4.74 Å². The van der Waals surface area contributed by atoms with Crippen molar-refractivity contribution in [3.63, 3.8) is 0 Å². The Morgan fingerprint density at radius 1 is 1.47 bits per heavy atom. The van der Waals surface area contributed by atoms with Crippen LogP contribution in [0.5, 0.6) is 5.88 Å². The average Bonchev–Trinajstić information content (AvgIpc) is 2.29. The fraction of sp³-hybridized carbons (Fsp3) is 0.500. The first-order valence-electron chi connectivity index (χ1n) is 5.10. The van der Waals surface area contributed by atoms with Crippen LogP contribution < -0.4 is 10.1 Å². The number of hydrogen-bond donors (Lipinski definition) is 1. The zero-order chi connectivity index (χ0) is 12.9. The monoisotopic (exact) mass is 259 g/mol. The van der Waals surface area contributed by atoms with Crippen molar-refractivity contribution < 1.29 is 13.2 Å². The Balaban J connectivity index is 2.51. The van der Waals surface area contributed by atoms with Crippen molar-refractivity contribution in [2.75, 3.05) is 38.8 Å². The van der Waals surface area contributed by atoms with Crippen molar-refractivity contribution in [2.45, 2.75) is 0 Å². The molecular formula is C10H17N3O3S. The van der Waals surface area contributed by atoms with Gasteiger partial charge in [0.15, 0.2) is 0 Å². The maximum Gasteiger partial charge on any atom is 0.215 e. The Hall–Kier alpha value is -1.34. The molecule has 1 aromatic rings. The van der Waals surface area contributed by atoms with Gasteiger partial charge in [0.05, 0.1) is 12.9 Å². The van der Waals surface area contributed by atoms with Gasteiger partial charge in [0.25, 0.3) is 0 Å². The highest BCUT2D eigenvalue weighted by molar-refractivity contribution is 7.89. The Labute approximate surface area is 102 Å². The van der Waals surface area contributed by atoms with Gasteiger partial charge in [-0.15, -0.1) is 0 Å². The molecule has 0 saturated carbocycles. The maximum absolute atomic E-state index is 11.5. The van der Waals surface area contributed by atoms with Crippen molar-refractivity contribution in [1.29, 1.82) is 0 Å². The summed E-state index contributed by atoms with van der Waals surface area (Å²) in [5.74, 6) is 0.537. The Morgan fingerprint density at radius 3 is 2.76 bits per heavy atom. The number of nitrogens with one attached hydrogen (secondary N) is 1. The standard InChI is InChI=1S/C10H17N3O3S/c1-13(2)17(14,15)7-6-11-9-4-5-12-10(8-9)16-3/h4-5,8H,6-7H2,1-3H3,(H,11,12). The van der Waals surface area contributed by atoms with Crippen LogP contribution in [0.2, 0.25) is 0 Å². The minimum atomic E-state index is -3.16. The zero-order valence-corrected chi connectivity index (χ0v) is 11.0. The SMILES string of the molecule is COc1cc(NCCS(=O)(=O)N(C)C)ccn1. The van der Waals surface area contributed by atoms with E-state index in [2.05, 4.69) is 10.3 Å². The molecule has 1 heterocycles. The number of rotatable bonds is 6. The normalized spacial score (nSPS) is 11.5. The van der Waals surface area contributed by atoms with Crippen LogP contribution in [0.25, 0.3) is 0 Å². The van der Waals surface area contributed by atoms with E-state index in [0.717, 1.165) is 5.69 Å². The second-order valence-corrected chi connectivity index (χ2v) is 5.91. The molecule has 0 amide bonds. The van der Waals surface area contributed by atoms with Crippen LogP contribution in [0.1, 0.15) is 0 Å². The fourth-order valence-corrected chi connectivity index (χ4v) is 1.86. The highest BCUT2D eigenvalue weighted by Crippen LogP contribution is 2.12. The quantitative estimate of drug-likeness (QED) is 0.800. The molecule has 1 aromatic heterocycles. The maximum atomic E-state index is 11.5. The Kier molecular flexibility index (Phi) is 4.71. The minimum absolute atomic E-state index is 0.0463. The summed E-state index contributed by atoms with van der Waals surface area (Å²) in [5, 5.41) is 3.00. The summed E-state index contributed by atoms with van der Waals surface area (Å²) in [6.07, 6.45) is 1.60. The Morgan fingerprint density at radius 2 is 2.18 bits per heavy atom. The second kappa shape index (κ2) is 5.83. The smallest absolute Gasteiger partial charge is 0.215 e. The number of anilines is 1. The van der Waals surface area contributed by atoms with Gasteiger partial charge in [-0.2, -0.15) is 0 Å². The molecule has 0 saturated heterocycles. The van der Waals surface area contributed by atoms with Gasteiger partial charge in [-0.25, -0.2) is 17.7 Å². The van der Waals surface area contributed by atoms with E-state index in [0.29, 0.717) is 12.4 Å². The summed E-state index contributed by atoms with van der Waals surface area (Å²) in [7, 11) is 1.41. The van der Waals surface area contributed by atoms with Crippen LogP contribution in [0.15, 0.2) is 18.3 Å². The van der Waals surface area contributed by atoms with Crippen molar-refractivity contribution >= 4 is 15.7 Å². The molecule has 96 valence electrons. The van der Waals surface area contributed by atoms with Crippen molar-refractivity contribution in [3.8, 4) is 5.88 Å². The first-order valence-corrected chi connectivity index (χ1v) is 6.71. The molecule has 0 aliphatic rings. The van der Waals surface area contributed by atoms with Gasteiger partial charge in [0.1, 0.15) is 0 Å². The molecule has 0 spiro atoms. The fourth-order valence-electron chi connectivity index (χ4n) is 1.14. The number of nitrogens with zero attached hydrogens (tertiary/aromatic N) is 2. The van der Waals surface area contributed by atoms with E-state index in [1.165, 1.54) is 25.5 Å². The molecule has 6 nitrogen and oxygen atoms in total. The number of aromatic nitrogens is 1. The molecule has 0 atom stereocenters. The lowest BCUT2D eigenvalue weighted by Crippen LogP contribution is -2.28. The molecule has 0 unspecified atom stereocenters. The van der Waals surface area contributed by atoms with Gasteiger partial charge in [0.2, 0.25) is 15.9 Å². The van der Waals surface area contributed by atoms with Crippen LogP contribution in [0.3, 0.4) is 0 Å². The summed E-state index contributed by atoms with van der Waals surface area (Å²) in [6.45, 7) is 0.341. The number of ether oxygens (including phenoxy) is 1. The third-order valence-corrected chi connectivity index (χ3v) is 4.02. The number of sulfonamides is 1. The van der Waals surface area contributed by atoms with Crippen LogP contribution in [-0.4, -0.2) is 51.2 Å². The summed E-state index contributed by atoms with van der Waals surface area (Å²) < 4.78 is 29.2. The highest BCUT2D eigenvalue weighted by Gasteiger charge is 2.12. The molecule has 1 rings (SSSR count). The molecule has 0 aromatic carbocycles. The summed E-state index contributed by atoms with van der Waals surface area (Å²) in [5.41, 5.74) is 0.783. The first kappa shape index (κ1) is 13.7. The van der Waals surface area contributed by atoms with Crippen molar-refractivity contribution in [3.05, 3.63) is 18.3 Å². The molecule has 7 heteroatoms. The predicted molar refractivity (Wildman–Crippen MR) is 66.8 cm³/mol. The van der Waals surface area contributed by atoms with Gasteiger partial charge in [-0.3, -0.25) is 0 Å². The van der Waals surface area contributed by atoms with Crippen LogP contribution in [-0.2, 0) is 10.0 Å². The van der Waals surface area contributed by atoms with Gasteiger partial charge in [0, 0.05) is 38.6 Å². The third-order valence-electron chi connectivity index (χ3n) is 2.19. The summed E-state index contributed by atoms with van der Waals surface area (Å²) in [6, 6.07) is 3.47. The van der Waals surface area contributed by atoms with Crippen LogP contribution in [0, 0.1) is 0 Å². The lowest BCUT2D eigenvalue weighted by Gasteiger charge is -2.12. The van der Waals surface area contributed by atoms with E-state index < -0.39 is 10.0 Å². The van der Waals surface area contributed by atoms with E-state index in [1.807, 2.05) is 0 Å². The van der Waals surface area contributed by atoms with E-state index in [9.17, 15) is 8.42 Å². The number of methoxy groups -OCH3 is 1. The summed E-state index contributed by atoms with van der Waals surface area (Å²) >= 11 is 0. The lowest BCUT2D eigenvalue weighted by atomic mass is 10.4. The largest absolute Gasteiger partial charge is 0.481 e. The van der Waals surface area contributed by atoms with E-state index >= 15 is 0 Å². The predicted octanol–water partition coefficient (Wildman–Crippen LogP) is 0.393. The van der Waals surface area contributed by atoms with Gasteiger partial charge >= 0.3 is 0 Å². The van der Waals surface area contributed by atoms with Gasteiger partial charge in [-0.1, -0.05) is 0 Å². The zero-order valence-electron chi connectivity index (χ0n) is 10.2. The van der Waals surface area contributed by atoms with Gasteiger partial charge in [-0.05, 0) is 6.07 Å². The van der Waals surface area contributed by atoms with E-state index in [1.54, 1.807) is 18.3 Å². The van der Waals surface area contributed by atoms with Crippen LogP contribution in [0.4, 0.5) is 5.69 Å². The molecule has 0 aliphatic carbocycles.